The van der Waals surface area contributed by atoms with E-state index in [0.29, 0.717) is 5.75 Å². The zero-order valence-electron chi connectivity index (χ0n) is 18.9. The number of hydrazine groups is 1. The number of aryl methyl sites for hydroxylation is 1. The molecular weight excluding hydrogens is 446 g/mol. The predicted octanol–water partition coefficient (Wildman–Crippen LogP) is 5.01. The Morgan fingerprint density at radius 2 is 1.54 bits per heavy atom. The SMILES string of the molecule is CCc1ccc(Oc2ncnc(NNC(=O)C(c3ccccc3)c3ccccc3)c2[N+](=O)[O-])cc1. The zero-order chi connectivity index (χ0) is 24.6. The number of amides is 1. The number of nitro groups is 1. The second-order valence-corrected chi connectivity index (χ2v) is 7.60. The Kier molecular flexibility index (Phi) is 7.27. The number of carbonyl (C=O) groups excluding carboxylic acids is 1. The van der Waals surface area contributed by atoms with E-state index in [9.17, 15) is 14.9 Å². The second kappa shape index (κ2) is 10.9. The summed E-state index contributed by atoms with van der Waals surface area (Å²) in [4.78, 5) is 32.3. The summed E-state index contributed by atoms with van der Waals surface area (Å²) in [5.74, 6) is -1.09. The van der Waals surface area contributed by atoms with Gasteiger partial charge in [-0.15, -0.1) is 0 Å². The van der Waals surface area contributed by atoms with E-state index in [1.807, 2.05) is 79.7 Å². The van der Waals surface area contributed by atoms with Crippen LogP contribution in [-0.4, -0.2) is 20.8 Å². The van der Waals surface area contributed by atoms with Gasteiger partial charge in [-0.3, -0.25) is 25.8 Å². The van der Waals surface area contributed by atoms with Crippen LogP contribution in [0.15, 0.2) is 91.3 Å². The van der Waals surface area contributed by atoms with Crippen molar-refractivity contribution in [2.24, 2.45) is 0 Å². The summed E-state index contributed by atoms with van der Waals surface area (Å²) in [6, 6.07) is 25.7. The van der Waals surface area contributed by atoms with Gasteiger partial charge in [-0.2, -0.15) is 4.98 Å². The third kappa shape index (κ3) is 5.59. The van der Waals surface area contributed by atoms with Crippen molar-refractivity contribution >= 4 is 17.4 Å². The molecule has 0 fully saturated rings. The first-order chi connectivity index (χ1) is 17.1. The van der Waals surface area contributed by atoms with Crippen LogP contribution >= 0.6 is 0 Å². The molecule has 0 saturated carbocycles. The van der Waals surface area contributed by atoms with Gasteiger partial charge in [0.15, 0.2) is 0 Å². The lowest BCUT2D eigenvalue weighted by Crippen LogP contribution is -2.35. The van der Waals surface area contributed by atoms with Gasteiger partial charge in [-0.1, -0.05) is 79.7 Å². The fourth-order valence-corrected chi connectivity index (χ4v) is 3.58. The average molecular weight is 470 g/mol. The number of benzene rings is 3. The van der Waals surface area contributed by atoms with E-state index in [1.165, 1.54) is 0 Å². The standard InChI is InChI=1S/C26H23N5O4/c1-2-18-13-15-21(16-14-18)35-26-23(31(33)34)24(27-17-28-26)29-30-25(32)22(19-9-5-3-6-10-19)20-11-7-4-8-12-20/h3-17,22H,2H2,1H3,(H,30,32)(H,27,28,29). The molecular formula is C26H23N5O4. The summed E-state index contributed by atoms with van der Waals surface area (Å²) < 4.78 is 5.66. The molecule has 9 nitrogen and oxygen atoms in total. The van der Waals surface area contributed by atoms with Gasteiger partial charge in [0, 0.05) is 0 Å². The molecule has 4 rings (SSSR count). The molecule has 1 amide bonds. The van der Waals surface area contributed by atoms with Gasteiger partial charge in [0.25, 0.3) is 0 Å². The van der Waals surface area contributed by atoms with Crippen LogP contribution in [0.2, 0.25) is 0 Å². The molecule has 3 aromatic carbocycles. The summed E-state index contributed by atoms with van der Waals surface area (Å²) in [7, 11) is 0. The Morgan fingerprint density at radius 3 is 2.09 bits per heavy atom. The molecule has 2 N–H and O–H groups in total. The Bertz CT molecular complexity index is 1260. The smallest absolute Gasteiger partial charge is 0.374 e. The van der Waals surface area contributed by atoms with Crippen molar-refractivity contribution < 1.29 is 14.5 Å². The van der Waals surface area contributed by atoms with Crippen LogP contribution in [0, 0.1) is 10.1 Å². The number of hydrogen-bond acceptors (Lipinski definition) is 7. The minimum absolute atomic E-state index is 0.196. The molecule has 0 radical (unpaired) electrons. The van der Waals surface area contributed by atoms with E-state index in [4.69, 9.17) is 4.74 Å². The van der Waals surface area contributed by atoms with Gasteiger partial charge >= 0.3 is 11.6 Å². The summed E-state index contributed by atoms with van der Waals surface area (Å²) in [6.45, 7) is 2.03. The fraction of sp³-hybridized carbons (Fsp3) is 0.115. The first-order valence-corrected chi connectivity index (χ1v) is 11.0. The van der Waals surface area contributed by atoms with Crippen LogP contribution in [0.5, 0.6) is 11.6 Å². The number of rotatable bonds is 9. The van der Waals surface area contributed by atoms with Crippen LogP contribution in [0.25, 0.3) is 0 Å². The number of hydrogen-bond donors (Lipinski definition) is 2. The highest BCUT2D eigenvalue weighted by molar-refractivity contribution is 5.88. The predicted molar refractivity (Wildman–Crippen MR) is 131 cm³/mol. The van der Waals surface area contributed by atoms with E-state index in [-0.39, 0.29) is 11.7 Å². The second-order valence-electron chi connectivity index (χ2n) is 7.60. The third-order valence-corrected chi connectivity index (χ3v) is 5.35. The number of anilines is 1. The maximum atomic E-state index is 13.2. The number of carbonyl (C=O) groups is 1. The summed E-state index contributed by atoms with van der Waals surface area (Å²) in [5, 5.41) is 11.8. The largest absolute Gasteiger partial charge is 0.434 e. The van der Waals surface area contributed by atoms with E-state index >= 15 is 0 Å². The molecule has 0 aliphatic heterocycles. The lowest BCUT2D eigenvalue weighted by molar-refractivity contribution is -0.385. The van der Waals surface area contributed by atoms with Crippen molar-refractivity contribution in [2.45, 2.75) is 19.3 Å². The van der Waals surface area contributed by atoms with Crippen molar-refractivity contribution in [2.75, 3.05) is 5.43 Å². The monoisotopic (exact) mass is 469 g/mol. The minimum atomic E-state index is -0.657. The van der Waals surface area contributed by atoms with Crippen LogP contribution in [0.3, 0.4) is 0 Å². The quantitative estimate of drug-likeness (QED) is 0.261. The van der Waals surface area contributed by atoms with Gasteiger partial charge in [0.2, 0.25) is 11.7 Å². The molecule has 0 aliphatic rings. The van der Waals surface area contributed by atoms with E-state index in [1.54, 1.807) is 12.1 Å². The molecule has 4 aromatic rings. The topological polar surface area (TPSA) is 119 Å². The Hall–Kier alpha value is -4.79. The van der Waals surface area contributed by atoms with E-state index in [0.717, 1.165) is 29.4 Å². The maximum absolute atomic E-state index is 13.2. The van der Waals surface area contributed by atoms with Gasteiger partial charge in [0.1, 0.15) is 12.1 Å². The van der Waals surface area contributed by atoms with Crippen LogP contribution < -0.4 is 15.6 Å². The average Bonchev–Trinajstić information content (AvgIpc) is 2.89. The minimum Gasteiger partial charge on any atom is -0.434 e. The van der Waals surface area contributed by atoms with Crippen molar-refractivity contribution in [1.29, 1.82) is 0 Å². The van der Waals surface area contributed by atoms with Gasteiger partial charge in [-0.05, 0) is 35.2 Å². The molecule has 35 heavy (non-hydrogen) atoms. The van der Waals surface area contributed by atoms with Crippen molar-refractivity contribution in [3.63, 3.8) is 0 Å². The lowest BCUT2D eigenvalue weighted by Gasteiger charge is -2.18. The number of aromatic nitrogens is 2. The molecule has 0 atom stereocenters. The van der Waals surface area contributed by atoms with E-state index in [2.05, 4.69) is 20.8 Å². The lowest BCUT2D eigenvalue weighted by atomic mass is 9.91. The van der Waals surface area contributed by atoms with Crippen molar-refractivity contribution in [3.8, 4) is 11.6 Å². The first kappa shape index (κ1) is 23.4. The Balaban J connectivity index is 1.58. The van der Waals surface area contributed by atoms with Crippen molar-refractivity contribution in [1.82, 2.24) is 15.4 Å². The molecule has 1 aromatic heterocycles. The molecule has 9 heteroatoms. The van der Waals surface area contributed by atoms with Crippen LogP contribution in [0.1, 0.15) is 29.5 Å². The molecule has 0 spiro atoms. The number of nitrogens with zero attached hydrogens (tertiary/aromatic N) is 3. The third-order valence-electron chi connectivity index (χ3n) is 5.35. The maximum Gasteiger partial charge on any atom is 0.374 e. The Labute approximate surface area is 201 Å². The summed E-state index contributed by atoms with van der Waals surface area (Å²) >= 11 is 0. The fourth-order valence-electron chi connectivity index (χ4n) is 3.58. The molecule has 0 unspecified atom stereocenters. The highest BCUT2D eigenvalue weighted by atomic mass is 16.6. The summed E-state index contributed by atoms with van der Waals surface area (Å²) in [6.07, 6.45) is 1.98. The van der Waals surface area contributed by atoms with Crippen molar-refractivity contribution in [3.05, 3.63) is 118 Å². The van der Waals surface area contributed by atoms with Crippen LogP contribution in [0.4, 0.5) is 11.5 Å². The Morgan fingerprint density at radius 1 is 0.943 bits per heavy atom. The molecule has 176 valence electrons. The molecule has 0 saturated heterocycles. The van der Waals surface area contributed by atoms with Gasteiger partial charge < -0.3 is 4.74 Å². The molecule has 1 heterocycles. The highest BCUT2D eigenvalue weighted by Gasteiger charge is 2.27. The number of nitrogens with one attached hydrogen (secondary N) is 2. The normalized spacial score (nSPS) is 10.6. The van der Waals surface area contributed by atoms with Crippen LogP contribution in [-0.2, 0) is 11.2 Å². The zero-order valence-corrected chi connectivity index (χ0v) is 18.9. The summed E-state index contributed by atoms with van der Waals surface area (Å²) in [5.41, 5.74) is 7.30. The highest BCUT2D eigenvalue weighted by Crippen LogP contribution is 2.34. The number of ether oxygens (including phenoxy) is 1. The van der Waals surface area contributed by atoms with Gasteiger partial charge in [0.05, 0.1) is 10.8 Å². The molecule has 0 aliphatic carbocycles. The first-order valence-electron chi connectivity index (χ1n) is 11.0. The van der Waals surface area contributed by atoms with E-state index < -0.39 is 22.4 Å². The van der Waals surface area contributed by atoms with Gasteiger partial charge in [-0.25, -0.2) is 4.98 Å². The molecule has 0 bridgehead atoms.